The molecule has 92 valence electrons. The second-order valence-electron chi connectivity index (χ2n) is 4.59. The van der Waals surface area contributed by atoms with Crippen molar-refractivity contribution in [3.05, 3.63) is 35.9 Å². The first-order valence-corrected chi connectivity index (χ1v) is 6.17. The smallest absolute Gasteiger partial charge is 0.339 e. The molecule has 0 unspecified atom stereocenters. The van der Waals surface area contributed by atoms with Crippen molar-refractivity contribution in [1.29, 1.82) is 0 Å². The van der Waals surface area contributed by atoms with Gasteiger partial charge < -0.3 is 9.84 Å². The highest BCUT2D eigenvalue weighted by Crippen LogP contribution is 2.25. The van der Waals surface area contributed by atoms with E-state index in [2.05, 4.69) is 0 Å². The summed E-state index contributed by atoms with van der Waals surface area (Å²) in [4.78, 5) is 11.6. The molecule has 1 aliphatic rings. The molecule has 1 fully saturated rings. The normalized spacial score (nSPS) is 17.9. The summed E-state index contributed by atoms with van der Waals surface area (Å²) in [5, 5.41) is 9.79. The third kappa shape index (κ3) is 3.30. The van der Waals surface area contributed by atoms with E-state index < -0.39 is 12.1 Å². The Kier molecular flexibility index (Phi) is 4.15. The second-order valence-corrected chi connectivity index (χ2v) is 4.59. The lowest BCUT2D eigenvalue weighted by Gasteiger charge is -2.13. The van der Waals surface area contributed by atoms with Crippen LogP contribution in [0.4, 0.5) is 0 Å². The number of esters is 1. The number of aliphatic hydroxyl groups is 1. The van der Waals surface area contributed by atoms with Gasteiger partial charge >= 0.3 is 5.97 Å². The monoisotopic (exact) mass is 234 g/mol. The molecule has 17 heavy (non-hydrogen) atoms. The Bertz CT molecular complexity index is 355. The van der Waals surface area contributed by atoms with Gasteiger partial charge in [0.25, 0.3) is 0 Å². The molecule has 0 heterocycles. The topological polar surface area (TPSA) is 46.5 Å². The molecule has 1 saturated carbocycles. The Labute approximate surface area is 101 Å². The maximum atomic E-state index is 11.6. The molecule has 2 rings (SSSR count). The number of benzene rings is 1. The molecular weight excluding hydrogens is 216 g/mol. The fraction of sp³-hybridized carbons (Fsp3) is 0.500. The zero-order valence-electron chi connectivity index (χ0n) is 9.84. The van der Waals surface area contributed by atoms with Crippen LogP contribution in [0.1, 0.15) is 37.4 Å². The average Bonchev–Trinajstić information content (AvgIpc) is 2.89. The van der Waals surface area contributed by atoms with Crippen molar-refractivity contribution in [1.82, 2.24) is 0 Å². The fourth-order valence-electron chi connectivity index (χ4n) is 2.23. The van der Waals surface area contributed by atoms with Crippen molar-refractivity contribution in [2.45, 2.75) is 31.8 Å². The second kappa shape index (κ2) is 5.82. The summed E-state index contributed by atoms with van der Waals surface area (Å²) in [5.41, 5.74) is 0.587. The highest BCUT2D eigenvalue weighted by molar-refractivity contribution is 5.76. The zero-order chi connectivity index (χ0) is 12.1. The van der Waals surface area contributed by atoms with Gasteiger partial charge in [0, 0.05) is 0 Å². The molecule has 3 heteroatoms. The van der Waals surface area contributed by atoms with E-state index in [0.717, 1.165) is 12.8 Å². The Morgan fingerprint density at radius 1 is 1.29 bits per heavy atom. The van der Waals surface area contributed by atoms with Gasteiger partial charge in [-0.1, -0.05) is 43.2 Å². The first kappa shape index (κ1) is 12.1. The molecular formula is C14H18O3. The van der Waals surface area contributed by atoms with Crippen molar-refractivity contribution in [2.75, 3.05) is 6.61 Å². The van der Waals surface area contributed by atoms with Gasteiger partial charge in [-0.2, -0.15) is 0 Å². The first-order chi connectivity index (χ1) is 8.27. The van der Waals surface area contributed by atoms with Gasteiger partial charge in [0.15, 0.2) is 6.10 Å². The SMILES string of the molecule is O=C(OCC1CCCC1)[C@H](O)c1ccccc1. The number of carbonyl (C=O) groups excluding carboxylic acids is 1. The van der Waals surface area contributed by atoms with Crippen LogP contribution in [0.5, 0.6) is 0 Å². The van der Waals surface area contributed by atoms with Crippen molar-refractivity contribution in [3.63, 3.8) is 0 Å². The van der Waals surface area contributed by atoms with Crippen LogP contribution in [0.3, 0.4) is 0 Å². The lowest BCUT2D eigenvalue weighted by molar-refractivity contribution is -0.155. The summed E-state index contributed by atoms with van der Waals surface area (Å²) in [7, 11) is 0. The molecule has 0 radical (unpaired) electrons. The van der Waals surface area contributed by atoms with Crippen molar-refractivity contribution < 1.29 is 14.6 Å². The van der Waals surface area contributed by atoms with Crippen LogP contribution in [0.15, 0.2) is 30.3 Å². The Morgan fingerprint density at radius 2 is 1.94 bits per heavy atom. The van der Waals surface area contributed by atoms with Gasteiger partial charge in [-0.25, -0.2) is 4.79 Å². The lowest BCUT2D eigenvalue weighted by Crippen LogP contribution is -2.18. The molecule has 0 aliphatic heterocycles. The van der Waals surface area contributed by atoms with Gasteiger partial charge in [0.2, 0.25) is 0 Å². The van der Waals surface area contributed by atoms with Crippen molar-refractivity contribution in [3.8, 4) is 0 Å². The molecule has 1 aromatic carbocycles. The van der Waals surface area contributed by atoms with Crippen LogP contribution >= 0.6 is 0 Å². The van der Waals surface area contributed by atoms with Crippen LogP contribution in [0.25, 0.3) is 0 Å². The molecule has 1 N–H and O–H groups in total. The van der Waals surface area contributed by atoms with E-state index in [4.69, 9.17) is 4.74 Å². The van der Waals surface area contributed by atoms with E-state index in [1.54, 1.807) is 24.3 Å². The van der Waals surface area contributed by atoms with Gasteiger partial charge in [0.05, 0.1) is 6.61 Å². The molecule has 1 aliphatic carbocycles. The highest BCUT2D eigenvalue weighted by atomic mass is 16.5. The number of hydrogen-bond acceptors (Lipinski definition) is 3. The van der Waals surface area contributed by atoms with Crippen molar-refractivity contribution in [2.24, 2.45) is 5.92 Å². The quantitative estimate of drug-likeness (QED) is 0.814. The summed E-state index contributed by atoms with van der Waals surface area (Å²) in [6, 6.07) is 8.88. The third-order valence-corrected chi connectivity index (χ3v) is 3.27. The Balaban J connectivity index is 1.83. The Morgan fingerprint density at radius 3 is 2.59 bits per heavy atom. The molecule has 1 aromatic rings. The van der Waals surface area contributed by atoms with Crippen LogP contribution < -0.4 is 0 Å². The number of ether oxygens (including phenoxy) is 1. The van der Waals surface area contributed by atoms with Crippen LogP contribution in [0, 0.1) is 5.92 Å². The summed E-state index contributed by atoms with van der Waals surface area (Å²) in [5.74, 6) is -0.0509. The maximum absolute atomic E-state index is 11.6. The highest BCUT2D eigenvalue weighted by Gasteiger charge is 2.21. The van der Waals surface area contributed by atoms with Gasteiger partial charge in [-0.3, -0.25) is 0 Å². The number of rotatable bonds is 4. The van der Waals surface area contributed by atoms with Gasteiger partial charge in [-0.15, -0.1) is 0 Å². The van der Waals surface area contributed by atoms with Crippen LogP contribution in [-0.2, 0) is 9.53 Å². The number of aliphatic hydroxyl groups excluding tert-OH is 1. The lowest BCUT2D eigenvalue weighted by atomic mass is 10.1. The van der Waals surface area contributed by atoms with E-state index in [-0.39, 0.29) is 0 Å². The van der Waals surface area contributed by atoms with Gasteiger partial charge in [0.1, 0.15) is 0 Å². The Hall–Kier alpha value is -1.35. The molecule has 0 aromatic heterocycles. The first-order valence-electron chi connectivity index (χ1n) is 6.17. The molecule has 0 amide bonds. The zero-order valence-corrected chi connectivity index (χ0v) is 9.84. The predicted octanol–water partition coefficient (Wildman–Crippen LogP) is 2.45. The maximum Gasteiger partial charge on any atom is 0.339 e. The number of hydrogen-bond donors (Lipinski definition) is 1. The third-order valence-electron chi connectivity index (χ3n) is 3.27. The van der Waals surface area contributed by atoms with E-state index in [0.29, 0.717) is 18.1 Å². The van der Waals surface area contributed by atoms with E-state index in [9.17, 15) is 9.90 Å². The molecule has 0 spiro atoms. The van der Waals surface area contributed by atoms with E-state index in [1.165, 1.54) is 12.8 Å². The fourth-order valence-corrected chi connectivity index (χ4v) is 2.23. The average molecular weight is 234 g/mol. The van der Waals surface area contributed by atoms with Crippen LogP contribution in [0.2, 0.25) is 0 Å². The minimum Gasteiger partial charge on any atom is -0.463 e. The minimum atomic E-state index is -1.15. The summed E-state index contributed by atoms with van der Waals surface area (Å²) >= 11 is 0. The van der Waals surface area contributed by atoms with E-state index in [1.807, 2.05) is 6.07 Å². The summed E-state index contributed by atoms with van der Waals surface area (Å²) in [6.45, 7) is 0.447. The molecule has 1 atom stereocenters. The number of carbonyl (C=O) groups is 1. The van der Waals surface area contributed by atoms with E-state index >= 15 is 0 Å². The van der Waals surface area contributed by atoms with Crippen molar-refractivity contribution >= 4 is 5.97 Å². The largest absolute Gasteiger partial charge is 0.463 e. The molecule has 0 bridgehead atoms. The molecule has 3 nitrogen and oxygen atoms in total. The summed E-state index contributed by atoms with van der Waals surface area (Å²) in [6.07, 6.45) is 3.56. The molecule has 0 saturated heterocycles. The standard InChI is InChI=1S/C14H18O3/c15-13(12-8-2-1-3-9-12)14(16)17-10-11-6-4-5-7-11/h1-3,8-9,11,13,15H,4-7,10H2/t13-/m1/s1. The predicted molar refractivity (Wildman–Crippen MR) is 64.3 cm³/mol. The van der Waals surface area contributed by atoms with Gasteiger partial charge in [-0.05, 0) is 24.3 Å². The van der Waals surface area contributed by atoms with Crippen LogP contribution in [-0.4, -0.2) is 17.7 Å². The summed E-state index contributed by atoms with van der Waals surface area (Å²) < 4.78 is 5.15. The minimum absolute atomic E-state index is 0.447.